The Hall–Kier alpha value is -2.02. The Morgan fingerprint density at radius 1 is 1.05 bits per heavy atom. The largest absolute Gasteiger partial charge is 0.319 e. The first-order valence-corrected chi connectivity index (χ1v) is 6.13. The smallest absolute Gasteiger partial charge is 0.255 e. The van der Waals surface area contributed by atoms with Crippen molar-refractivity contribution in [1.29, 1.82) is 5.26 Å². The van der Waals surface area contributed by atoms with Gasteiger partial charge in [-0.05, 0) is 36.4 Å². The highest BCUT2D eigenvalue weighted by Crippen LogP contribution is 2.30. The van der Waals surface area contributed by atoms with E-state index in [4.69, 9.17) is 28.5 Å². The zero-order valence-corrected chi connectivity index (χ0v) is 11.2. The van der Waals surface area contributed by atoms with E-state index >= 15 is 0 Å². The Labute approximate surface area is 120 Å². The van der Waals surface area contributed by atoms with Crippen molar-refractivity contribution in [3.8, 4) is 6.07 Å². The van der Waals surface area contributed by atoms with Gasteiger partial charge in [-0.25, -0.2) is 0 Å². The van der Waals surface area contributed by atoms with Gasteiger partial charge in [0.15, 0.2) is 0 Å². The fourth-order valence-electron chi connectivity index (χ4n) is 1.50. The van der Waals surface area contributed by atoms with Crippen LogP contribution in [0.4, 0.5) is 5.69 Å². The van der Waals surface area contributed by atoms with Crippen molar-refractivity contribution in [2.24, 2.45) is 0 Å². The van der Waals surface area contributed by atoms with E-state index in [-0.39, 0.29) is 5.91 Å². The quantitative estimate of drug-likeness (QED) is 0.905. The Balaban J connectivity index is 2.23. The number of nitrogens with one attached hydrogen (secondary N) is 1. The summed E-state index contributed by atoms with van der Waals surface area (Å²) in [5, 5.41) is 12.1. The molecular weight excluding hydrogens is 283 g/mol. The van der Waals surface area contributed by atoms with E-state index < -0.39 is 0 Å². The number of para-hydroxylation sites is 1. The number of nitrogens with zero attached hydrogens (tertiary/aromatic N) is 1. The van der Waals surface area contributed by atoms with E-state index in [9.17, 15) is 4.79 Å². The van der Waals surface area contributed by atoms with E-state index in [2.05, 4.69) is 5.32 Å². The van der Waals surface area contributed by atoms with Crippen molar-refractivity contribution in [1.82, 2.24) is 0 Å². The second-order valence-corrected chi connectivity index (χ2v) is 4.55. The van der Waals surface area contributed by atoms with Gasteiger partial charge in [0.05, 0.1) is 27.4 Å². The normalized spacial score (nSPS) is 9.74. The molecule has 94 valence electrons. The minimum atomic E-state index is -0.334. The molecule has 5 heteroatoms. The number of halogens is 2. The first-order valence-electron chi connectivity index (χ1n) is 5.37. The van der Waals surface area contributed by atoms with E-state index in [1.807, 2.05) is 6.07 Å². The number of anilines is 1. The molecule has 2 aromatic rings. The van der Waals surface area contributed by atoms with Crippen molar-refractivity contribution in [3.05, 3.63) is 63.6 Å². The van der Waals surface area contributed by atoms with Crippen LogP contribution in [0.15, 0.2) is 42.5 Å². The monoisotopic (exact) mass is 290 g/mol. The van der Waals surface area contributed by atoms with Crippen molar-refractivity contribution in [2.45, 2.75) is 0 Å². The third-order valence-corrected chi connectivity index (χ3v) is 3.11. The molecule has 1 N–H and O–H groups in total. The van der Waals surface area contributed by atoms with Crippen LogP contribution in [-0.4, -0.2) is 5.91 Å². The highest BCUT2D eigenvalue weighted by atomic mass is 35.5. The summed E-state index contributed by atoms with van der Waals surface area (Å²) in [6, 6.07) is 13.2. The summed E-state index contributed by atoms with van der Waals surface area (Å²) < 4.78 is 0. The summed E-state index contributed by atoms with van der Waals surface area (Å²) >= 11 is 11.9. The highest BCUT2D eigenvalue weighted by molar-refractivity contribution is 6.40. The van der Waals surface area contributed by atoms with Gasteiger partial charge in [-0.2, -0.15) is 5.26 Å². The molecule has 1 amide bonds. The number of benzene rings is 2. The van der Waals surface area contributed by atoms with Crippen molar-refractivity contribution < 1.29 is 4.79 Å². The summed E-state index contributed by atoms with van der Waals surface area (Å²) in [6.45, 7) is 0. The van der Waals surface area contributed by atoms with Gasteiger partial charge >= 0.3 is 0 Å². The van der Waals surface area contributed by atoms with Gasteiger partial charge in [0.2, 0.25) is 0 Å². The molecule has 3 nitrogen and oxygen atoms in total. The lowest BCUT2D eigenvalue weighted by molar-refractivity contribution is 0.102. The second-order valence-electron chi connectivity index (χ2n) is 3.74. The van der Waals surface area contributed by atoms with Crippen LogP contribution in [0.2, 0.25) is 10.0 Å². The Morgan fingerprint density at radius 2 is 1.63 bits per heavy atom. The molecule has 0 atom stereocenters. The van der Waals surface area contributed by atoms with Crippen LogP contribution in [0.5, 0.6) is 0 Å². The highest BCUT2D eigenvalue weighted by Gasteiger charge is 2.11. The lowest BCUT2D eigenvalue weighted by Crippen LogP contribution is -2.12. The van der Waals surface area contributed by atoms with Crippen molar-refractivity contribution >= 4 is 34.8 Å². The fourth-order valence-corrected chi connectivity index (χ4v) is 1.99. The molecule has 0 saturated carbocycles. The second kappa shape index (κ2) is 5.75. The molecule has 0 heterocycles. The van der Waals surface area contributed by atoms with Gasteiger partial charge in [-0.1, -0.05) is 29.3 Å². The van der Waals surface area contributed by atoms with Gasteiger partial charge in [0.25, 0.3) is 5.91 Å². The van der Waals surface area contributed by atoms with Crippen LogP contribution in [0, 0.1) is 11.3 Å². The van der Waals surface area contributed by atoms with Crippen LogP contribution in [0.1, 0.15) is 15.9 Å². The molecule has 0 bridgehead atoms. The molecule has 0 radical (unpaired) electrons. The molecule has 0 saturated heterocycles. The molecule has 0 spiro atoms. The fraction of sp³-hybridized carbons (Fsp3) is 0. The lowest BCUT2D eigenvalue weighted by atomic mass is 10.1. The van der Waals surface area contributed by atoms with E-state index in [1.165, 1.54) is 0 Å². The third kappa shape index (κ3) is 3.05. The predicted octanol–water partition coefficient (Wildman–Crippen LogP) is 4.12. The van der Waals surface area contributed by atoms with Crippen LogP contribution in [-0.2, 0) is 0 Å². The molecule has 19 heavy (non-hydrogen) atoms. The van der Waals surface area contributed by atoms with Gasteiger partial charge in [0.1, 0.15) is 0 Å². The Morgan fingerprint density at radius 3 is 2.16 bits per heavy atom. The topological polar surface area (TPSA) is 52.9 Å². The van der Waals surface area contributed by atoms with Crippen LogP contribution >= 0.6 is 23.2 Å². The molecule has 2 rings (SSSR count). The molecule has 0 unspecified atom stereocenters. The molecule has 0 fully saturated rings. The maximum absolute atomic E-state index is 12.0. The molecule has 0 aliphatic rings. The Bertz CT molecular complexity index is 640. The maximum atomic E-state index is 12.0. The maximum Gasteiger partial charge on any atom is 0.255 e. The van der Waals surface area contributed by atoms with Crippen molar-refractivity contribution in [2.75, 3.05) is 5.32 Å². The van der Waals surface area contributed by atoms with Gasteiger partial charge in [-0.15, -0.1) is 0 Å². The van der Waals surface area contributed by atoms with Crippen LogP contribution in [0.3, 0.4) is 0 Å². The van der Waals surface area contributed by atoms with Gasteiger partial charge < -0.3 is 5.32 Å². The van der Waals surface area contributed by atoms with E-state index in [0.29, 0.717) is 26.9 Å². The third-order valence-electron chi connectivity index (χ3n) is 2.48. The predicted molar refractivity (Wildman–Crippen MR) is 75.6 cm³/mol. The number of nitriles is 1. The zero-order valence-electron chi connectivity index (χ0n) is 9.65. The summed E-state index contributed by atoms with van der Waals surface area (Å²) in [5.74, 6) is -0.334. The molecular formula is C14H8Cl2N2O. The number of carbonyl (C=O) groups is 1. The SMILES string of the molecule is N#Cc1ccc(C(=O)Nc2c(Cl)cccc2Cl)cc1. The number of amides is 1. The molecule has 0 aromatic heterocycles. The van der Waals surface area contributed by atoms with Crippen LogP contribution in [0.25, 0.3) is 0 Å². The van der Waals surface area contributed by atoms with E-state index in [0.717, 1.165) is 0 Å². The average Bonchev–Trinajstić information content (AvgIpc) is 2.43. The lowest BCUT2D eigenvalue weighted by Gasteiger charge is -2.09. The first-order chi connectivity index (χ1) is 9.11. The van der Waals surface area contributed by atoms with Gasteiger partial charge in [-0.3, -0.25) is 4.79 Å². The number of hydrogen-bond donors (Lipinski definition) is 1. The summed E-state index contributed by atoms with van der Waals surface area (Å²) in [6.07, 6.45) is 0. The number of rotatable bonds is 2. The molecule has 0 aliphatic heterocycles. The number of hydrogen-bond acceptors (Lipinski definition) is 2. The van der Waals surface area contributed by atoms with E-state index in [1.54, 1.807) is 42.5 Å². The van der Waals surface area contributed by atoms with Crippen molar-refractivity contribution in [3.63, 3.8) is 0 Å². The zero-order chi connectivity index (χ0) is 13.8. The summed E-state index contributed by atoms with van der Waals surface area (Å²) in [4.78, 5) is 12.0. The minimum absolute atomic E-state index is 0.334. The average molecular weight is 291 g/mol. The molecule has 2 aromatic carbocycles. The van der Waals surface area contributed by atoms with Gasteiger partial charge in [0, 0.05) is 5.56 Å². The summed E-state index contributed by atoms with van der Waals surface area (Å²) in [7, 11) is 0. The molecule has 0 aliphatic carbocycles. The number of carbonyl (C=O) groups excluding carboxylic acids is 1. The Kier molecular flexibility index (Phi) is 4.06. The van der Waals surface area contributed by atoms with Crippen LogP contribution < -0.4 is 5.32 Å². The summed E-state index contributed by atoms with van der Waals surface area (Å²) in [5.41, 5.74) is 1.29. The first kappa shape index (κ1) is 13.4. The standard InChI is InChI=1S/C14H8Cl2N2O/c15-11-2-1-3-12(16)13(11)18-14(19)10-6-4-9(8-17)5-7-10/h1-7H,(H,18,19). The minimum Gasteiger partial charge on any atom is -0.319 e.